The lowest BCUT2D eigenvalue weighted by atomic mass is 10.2. The van der Waals surface area contributed by atoms with Gasteiger partial charge < -0.3 is 10.2 Å². The molecule has 0 aliphatic carbocycles. The molecule has 0 unspecified atom stereocenters. The summed E-state index contributed by atoms with van der Waals surface area (Å²) in [4.78, 5) is 0. The first kappa shape index (κ1) is 17.8. The Balaban J connectivity index is 1.57. The van der Waals surface area contributed by atoms with E-state index >= 15 is 0 Å². The van der Waals surface area contributed by atoms with Crippen LogP contribution in [0.5, 0.6) is 5.75 Å². The third kappa shape index (κ3) is 4.54. The Bertz CT molecular complexity index is 921. The van der Waals surface area contributed by atoms with Crippen LogP contribution >= 0.6 is 35.4 Å². The summed E-state index contributed by atoms with van der Waals surface area (Å²) in [5, 5.41) is 8.00. The molecule has 5 nitrogen and oxygen atoms in total. The number of hydrogen-bond acceptors (Lipinski definition) is 4. The molecule has 0 radical (unpaired) electrons. The second-order valence-corrected chi connectivity index (χ2v) is 6.64. The fraction of sp³-hybridized carbons (Fsp3) is 0.176. The van der Waals surface area contributed by atoms with Crippen LogP contribution < -0.4 is 10.2 Å². The number of nitrogens with zero attached hydrogens (tertiary/aromatic N) is 2. The highest BCUT2D eigenvalue weighted by atomic mass is 35.5. The molecule has 2 aromatic carbocycles. The molecule has 0 fully saturated rings. The second-order valence-electron chi connectivity index (χ2n) is 5.41. The molecule has 1 heterocycles. The molecule has 0 amide bonds. The molecular formula is C17H16Cl2N4OS. The van der Waals surface area contributed by atoms with E-state index < -0.39 is 0 Å². The predicted molar refractivity (Wildman–Crippen MR) is 102 cm³/mol. The van der Waals surface area contributed by atoms with Gasteiger partial charge in [0.1, 0.15) is 18.2 Å². The molecule has 0 spiro atoms. The van der Waals surface area contributed by atoms with Crippen molar-refractivity contribution in [1.29, 1.82) is 0 Å². The van der Waals surface area contributed by atoms with Crippen molar-refractivity contribution in [3.8, 4) is 5.75 Å². The lowest BCUT2D eigenvalue weighted by molar-refractivity contribution is 0.306. The van der Waals surface area contributed by atoms with Gasteiger partial charge in [0.15, 0.2) is 0 Å². The van der Waals surface area contributed by atoms with Gasteiger partial charge in [-0.15, -0.1) is 0 Å². The smallest absolute Gasteiger partial charge is 0.214 e. The van der Waals surface area contributed by atoms with Crippen LogP contribution in [-0.4, -0.2) is 14.9 Å². The van der Waals surface area contributed by atoms with Crippen LogP contribution in [0.2, 0.25) is 10.0 Å². The Morgan fingerprint density at radius 1 is 1.20 bits per heavy atom. The quantitative estimate of drug-likeness (QED) is 0.585. The maximum atomic E-state index is 6.15. The van der Waals surface area contributed by atoms with Crippen LogP contribution in [0.1, 0.15) is 17.0 Å². The van der Waals surface area contributed by atoms with Crippen LogP contribution in [0.3, 0.4) is 0 Å². The van der Waals surface area contributed by atoms with Gasteiger partial charge in [-0.2, -0.15) is 5.10 Å². The third-order valence-electron chi connectivity index (χ3n) is 3.61. The molecule has 0 saturated carbocycles. The van der Waals surface area contributed by atoms with Crippen LogP contribution in [-0.2, 0) is 13.2 Å². The van der Waals surface area contributed by atoms with E-state index in [0.29, 0.717) is 28.0 Å². The molecular weight excluding hydrogens is 379 g/mol. The van der Waals surface area contributed by atoms with Gasteiger partial charge in [0.2, 0.25) is 4.77 Å². The maximum absolute atomic E-state index is 6.15. The molecule has 0 saturated heterocycles. The van der Waals surface area contributed by atoms with E-state index in [1.54, 1.807) is 16.8 Å². The van der Waals surface area contributed by atoms with Gasteiger partial charge in [-0.25, -0.2) is 4.68 Å². The SMILES string of the molecule is Cc1n[nH]c(=S)n1NCc1ccc(OCc2ccc(Cl)cc2Cl)cc1. The second kappa shape index (κ2) is 7.91. The van der Waals surface area contributed by atoms with E-state index in [0.717, 1.165) is 22.7 Å². The standard InChI is InChI=1S/C17H16Cl2N4OS/c1-11-21-22-17(25)23(11)20-9-12-2-6-15(7-3-12)24-10-13-4-5-14(18)8-16(13)19/h2-8,20H,9-10H2,1H3,(H,22,25). The van der Waals surface area contributed by atoms with Crippen LogP contribution in [0, 0.1) is 11.7 Å². The molecule has 0 bridgehead atoms. The lowest BCUT2D eigenvalue weighted by Gasteiger charge is -2.10. The summed E-state index contributed by atoms with van der Waals surface area (Å²) in [6.45, 7) is 2.88. The van der Waals surface area contributed by atoms with Crippen molar-refractivity contribution < 1.29 is 4.74 Å². The van der Waals surface area contributed by atoms with E-state index in [1.165, 1.54) is 0 Å². The van der Waals surface area contributed by atoms with Gasteiger partial charge >= 0.3 is 0 Å². The predicted octanol–water partition coefficient (Wildman–Crippen LogP) is 4.88. The van der Waals surface area contributed by atoms with Crippen molar-refractivity contribution in [2.75, 3.05) is 5.43 Å². The number of aromatic nitrogens is 3. The number of H-pyrrole nitrogens is 1. The Hall–Kier alpha value is -2.02. The summed E-state index contributed by atoms with van der Waals surface area (Å²) in [6, 6.07) is 13.2. The number of hydrogen-bond donors (Lipinski definition) is 2. The summed E-state index contributed by atoms with van der Waals surface area (Å²) in [6.07, 6.45) is 0. The number of ether oxygens (including phenoxy) is 1. The minimum absolute atomic E-state index is 0.386. The van der Waals surface area contributed by atoms with E-state index in [9.17, 15) is 0 Å². The van der Waals surface area contributed by atoms with E-state index in [-0.39, 0.29) is 0 Å². The van der Waals surface area contributed by atoms with Crippen molar-refractivity contribution in [1.82, 2.24) is 14.9 Å². The summed E-state index contributed by atoms with van der Waals surface area (Å²) in [5.74, 6) is 1.55. The highest BCUT2D eigenvalue weighted by Gasteiger charge is 2.04. The number of rotatable bonds is 6. The molecule has 0 atom stereocenters. The first-order valence-electron chi connectivity index (χ1n) is 7.56. The van der Waals surface area contributed by atoms with Crippen molar-refractivity contribution in [2.24, 2.45) is 0 Å². The van der Waals surface area contributed by atoms with Crippen LogP contribution in [0.15, 0.2) is 42.5 Å². The number of aryl methyl sites for hydroxylation is 1. The fourth-order valence-electron chi connectivity index (χ4n) is 2.24. The molecule has 2 N–H and O–H groups in total. The Morgan fingerprint density at radius 2 is 1.96 bits per heavy atom. The Labute approximate surface area is 160 Å². The van der Waals surface area contributed by atoms with Crippen LogP contribution in [0.4, 0.5) is 0 Å². The summed E-state index contributed by atoms with van der Waals surface area (Å²) in [5.41, 5.74) is 5.20. The van der Waals surface area contributed by atoms with E-state index in [2.05, 4.69) is 15.6 Å². The van der Waals surface area contributed by atoms with Gasteiger partial charge in [0.25, 0.3) is 0 Å². The summed E-state index contributed by atoms with van der Waals surface area (Å²) >= 11 is 17.2. The molecule has 8 heteroatoms. The largest absolute Gasteiger partial charge is 0.489 e. The Morgan fingerprint density at radius 3 is 2.60 bits per heavy atom. The van der Waals surface area contributed by atoms with Gasteiger partial charge in [-0.1, -0.05) is 41.4 Å². The first-order chi connectivity index (χ1) is 12.0. The topological polar surface area (TPSA) is 54.9 Å². The summed E-state index contributed by atoms with van der Waals surface area (Å²) < 4.78 is 8.05. The number of benzene rings is 2. The molecule has 0 aliphatic heterocycles. The van der Waals surface area contributed by atoms with Crippen molar-refractivity contribution in [2.45, 2.75) is 20.1 Å². The minimum Gasteiger partial charge on any atom is -0.489 e. The number of halogens is 2. The lowest BCUT2D eigenvalue weighted by Crippen LogP contribution is -2.15. The highest BCUT2D eigenvalue weighted by molar-refractivity contribution is 7.71. The highest BCUT2D eigenvalue weighted by Crippen LogP contribution is 2.23. The fourth-order valence-corrected chi connectivity index (χ4v) is 2.94. The normalized spacial score (nSPS) is 10.7. The van der Waals surface area contributed by atoms with E-state index in [1.807, 2.05) is 37.3 Å². The van der Waals surface area contributed by atoms with Gasteiger partial charge in [-0.3, -0.25) is 5.10 Å². The molecule has 25 heavy (non-hydrogen) atoms. The van der Waals surface area contributed by atoms with Gasteiger partial charge in [-0.05, 0) is 49.0 Å². The van der Waals surface area contributed by atoms with E-state index in [4.69, 9.17) is 40.2 Å². The number of aromatic amines is 1. The minimum atomic E-state index is 0.386. The summed E-state index contributed by atoms with van der Waals surface area (Å²) in [7, 11) is 0. The first-order valence-corrected chi connectivity index (χ1v) is 8.73. The molecule has 0 aliphatic rings. The average Bonchev–Trinajstić information content (AvgIpc) is 2.91. The zero-order valence-corrected chi connectivity index (χ0v) is 15.8. The van der Waals surface area contributed by atoms with Crippen molar-refractivity contribution in [3.05, 3.63) is 74.2 Å². The molecule has 130 valence electrons. The Kier molecular flexibility index (Phi) is 5.63. The zero-order chi connectivity index (χ0) is 17.8. The van der Waals surface area contributed by atoms with Gasteiger partial charge in [0.05, 0.1) is 6.54 Å². The maximum Gasteiger partial charge on any atom is 0.214 e. The molecule has 1 aromatic heterocycles. The number of nitrogens with one attached hydrogen (secondary N) is 2. The molecule has 3 aromatic rings. The molecule has 3 rings (SSSR count). The van der Waals surface area contributed by atoms with Crippen molar-refractivity contribution in [3.63, 3.8) is 0 Å². The van der Waals surface area contributed by atoms with Gasteiger partial charge in [0, 0.05) is 15.6 Å². The monoisotopic (exact) mass is 394 g/mol. The third-order valence-corrected chi connectivity index (χ3v) is 4.47. The van der Waals surface area contributed by atoms with Crippen LogP contribution in [0.25, 0.3) is 0 Å². The van der Waals surface area contributed by atoms with Crippen molar-refractivity contribution >= 4 is 35.4 Å². The average molecular weight is 395 g/mol. The zero-order valence-electron chi connectivity index (χ0n) is 13.4.